The van der Waals surface area contributed by atoms with Crippen LogP contribution in [0, 0.1) is 13.8 Å². The van der Waals surface area contributed by atoms with Gasteiger partial charge >= 0.3 is 0 Å². The minimum atomic E-state index is 0.0868. The molecule has 1 atom stereocenters. The first-order valence-corrected chi connectivity index (χ1v) is 11.6. The van der Waals surface area contributed by atoms with E-state index in [-0.39, 0.29) is 17.9 Å². The van der Waals surface area contributed by atoms with Crippen LogP contribution in [0.1, 0.15) is 40.3 Å². The molecule has 0 N–H and O–H groups in total. The smallest absolute Gasteiger partial charge is 0.255 e. The molecule has 1 aromatic heterocycles. The molecule has 0 aliphatic carbocycles. The Kier molecular flexibility index (Phi) is 6.96. The first-order valence-electron chi connectivity index (χ1n) is 11.6. The summed E-state index contributed by atoms with van der Waals surface area (Å²) in [6.07, 6.45) is 0. The Morgan fingerprint density at radius 3 is 2.25 bits per heavy atom. The van der Waals surface area contributed by atoms with E-state index in [0.29, 0.717) is 45.9 Å². The summed E-state index contributed by atoms with van der Waals surface area (Å²) in [6.45, 7) is 12.0. The van der Waals surface area contributed by atoms with Gasteiger partial charge in [0.2, 0.25) is 5.91 Å². The van der Waals surface area contributed by atoms with Crippen LogP contribution in [-0.4, -0.2) is 90.1 Å². The predicted molar refractivity (Wildman–Crippen MR) is 124 cm³/mol. The van der Waals surface area contributed by atoms with Crippen molar-refractivity contribution in [2.45, 2.75) is 26.8 Å². The molecular formula is C25H34N4O3. The summed E-state index contributed by atoms with van der Waals surface area (Å²) in [7, 11) is 0. The van der Waals surface area contributed by atoms with Crippen molar-refractivity contribution in [3.63, 3.8) is 0 Å². The van der Waals surface area contributed by atoms with Crippen molar-refractivity contribution >= 4 is 11.8 Å². The molecule has 2 aliphatic rings. The third-order valence-corrected chi connectivity index (χ3v) is 6.77. The highest BCUT2D eigenvalue weighted by molar-refractivity contribution is 5.96. The lowest BCUT2D eigenvalue weighted by Gasteiger charge is -2.36. The highest BCUT2D eigenvalue weighted by atomic mass is 16.5. The summed E-state index contributed by atoms with van der Waals surface area (Å²) >= 11 is 0. The highest BCUT2D eigenvalue weighted by Gasteiger charge is 2.28. The van der Waals surface area contributed by atoms with Gasteiger partial charge in [0.1, 0.15) is 0 Å². The molecule has 172 valence electrons. The molecule has 1 unspecified atom stereocenters. The van der Waals surface area contributed by atoms with Gasteiger partial charge in [0.25, 0.3) is 5.91 Å². The quantitative estimate of drug-likeness (QED) is 0.719. The number of nitrogens with zero attached hydrogens (tertiary/aromatic N) is 4. The van der Waals surface area contributed by atoms with Crippen LogP contribution in [0.25, 0.3) is 0 Å². The number of benzene rings is 1. The fraction of sp³-hybridized carbons (Fsp3) is 0.520. The number of piperazine rings is 1. The van der Waals surface area contributed by atoms with Gasteiger partial charge in [-0.25, -0.2) is 0 Å². The Morgan fingerprint density at radius 1 is 0.938 bits per heavy atom. The van der Waals surface area contributed by atoms with Crippen molar-refractivity contribution in [1.29, 1.82) is 0 Å². The fourth-order valence-corrected chi connectivity index (χ4v) is 4.85. The average Bonchev–Trinajstić information content (AvgIpc) is 3.13. The molecule has 0 spiro atoms. The number of amides is 2. The van der Waals surface area contributed by atoms with Crippen molar-refractivity contribution in [3.8, 4) is 0 Å². The second-order valence-electron chi connectivity index (χ2n) is 8.80. The minimum Gasteiger partial charge on any atom is -0.378 e. The maximum absolute atomic E-state index is 13.3. The number of hydrogen-bond donors (Lipinski definition) is 0. The molecule has 0 bridgehead atoms. The Bertz CT molecular complexity index is 942. The standard InChI is InChI=1S/C25H34N4O3/c1-19-17-23(21(3)29(19)20(2)22-7-5-4-6-8-22)25(31)28-11-9-26(10-12-28)18-24(30)27-13-15-32-16-14-27/h4-8,17,20H,9-16,18H2,1-3H3. The maximum Gasteiger partial charge on any atom is 0.255 e. The number of morpholine rings is 1. The van der Waals surface area contributed by atoms with Crippen LogP contribution in [0.2, 0.25) is 0 Å². The highest BCUT2D eigenvalue weighted by Crippen LogP contribution is 2.26. The zero-order valence-electron chi connectivity index (χ0n) is 19.4. The van der Waals surface area contributed by atoms with Gasteiger partial charge in [-0.15, -0.1) is 0 Å². The van der Waals surface area contributed by atoms with Gasteiger partial charge in [-0.2, -0.15) is 0 Å². The van der Waals surface area contributed by atoms with Gasteiger partial charge in [-0.3, -0.25) is 14.5 Å². The molecule has 2 aromatic rings. The Morgan fingerprint density at radius 2 is 1.59 bits per heavy atom. The lowest BCUT2D eigenvalue weighted by atomic mass is 10.1. The van der Waals surface area contributed by atoms with Gasteiger partial charge in [0.05, 0.1) is 31.4 Å². The van der Waals surface area contributed by atoms with Crippen LogP contribution < -0.4 is 0 Å². The van der Waals surface area contributed by atoms with Crippen LogP contribution in [0.3, 0.4) is 0 Å². The number of carbonyl (C=O) groups is 2. The van der Waals surface area contributed by atoms with E-state index in [1.807, 2.05) is 28.9 Å². The summed E-state index contributed by atoms with van der Waals surface area (Å²) < 4.78 is 7.58. The number of carbonyl (C=O) groups excluding carboxylic acids is 2. The summed E-state index contributed by atoms with van der Waals surface area (Å²) in [5, 5.41) is 0. The van der Waals surface area contributed by atoms with Crippen LogP contribution in [0.5, 0.6) is 0 Å². The molecule has 2 aliphatic heterocycles. The van der Waals surface area contributed by atoms with Crippen molar-refractivity contribution < 1.29 is 14.3 Å². The normalized spacial score (nSPS) is 18.6. The number of aryl methyl sites for hydroxylation is 1. The molecule has 0 radical (unpaired) electrons. The largest absolute Gasteiger partial charge is 0.378 e. The van der Waals surface area contributed by atoms with Gasteiger partial charge in [0, 0.05) is 50.7 Å². The summed E-state index contributed by atoms with van der Waals surface area (Å²) in [5.74, 6) is 0.246. The Labute approximate surface area is 190 Å². The summed E-state index contributed by atoms with van der Waals surface area (Å²) in [5.41, 5.74) is 4.11. The monoisotopic (exact) mass is 438 g/mol. The molecule has 7 nitrogen and oxygen atoms in total. The third kappa shape index (κ3) is 4.74. The summed E-state index contributed by atoms with van der Waals surface area (Å²) in [6, 6.07) is 12.6. The number of ether oxygens (including phenoxy) is 1. The van der Waals surface area contributed by atoms with Gasteiger partial charge < -0.3 is 19.1 Å². The lowest BCUT2D eigenvalue weighted by Crippen LogP contribution is -2.52. The van der Waals surface area contributed by atoms with Crippen molar-refractivity contribution in [3.05, 3.63) is 58.9 Å². The topological polar surface area (TPSA) is 58.0 Å². The SMILES string of the molecule is Cc1cc(C(=O)N2CCN(CC(=O)N3CCOCC3)CC2)c(C)n1C(C)c1ccccc1. The van der Waals surface area contributed by atoms with Gasteiger partial charge in [0.15, 0.2) is 0 Å². The van der Waals surface area contributed by atoms with Crippen LogP contribution in [0.4, 0.5) is 0 Å². The van der Waals surface area contributed by atoms with Crippen molar-refractivity contribution in [2.75, 3.05) is 59.0 Å². The van der Waals surface area contributed by atoms with Crippen molar-refractivity contribution in [1.82, 2.24) is 19.3 Å². The fourth-order valence-electron chi connectivity index (χ4n) is 4.85. The second kappa shape index (κ2) is 9.88. The van der Waals surface area contributed by atoms with E-state index in [0.717, 1.165) is 30.0 Å². The zero-order chi connectivity index (χ0) is 22.7. The first kappa shape index (κ1) is 22.6. The Balaban J connectivity index is 1.38. The van der Waals surface area contributed by atoms with E-state index in [4.69, 9.17) is 4.74 Å². The molecule has 2 amide bonds. The van der Waals surface area contributed by atoms with Crippen molar-refractivity contribution in [2.24, 2.45) is 0 Å². The molecule has 3 heterocycles. The first-order chi connectivity index (χ1) is 15.5. The van der Waals surface area contributed by atoms with E-state index < -0.39 is 0 Å². The van der Waals surface area contributed by atoms with Crippen LogP contribution >= 0.6 is 0 Å². The van der Waals surface area contributed by atoms with Crippen LogP contribution in [0.15, 0.2) is 36.4 Å². The number of aromatic nitrogens is 1. The molecule has 7 heteroatoms. The zero-order valence-corrected chi connectivity index (χ0v) is 19.4. The maximum atomic E-state index is 13.3. The van der Waals surface area contributed by atoms with Gasteiger partial charge in [-0.05, 0) is 32.4 Å². The molecule has 2 saturated heterocycles. The predicted octanol–water partition coefficient (Wildman–Crippen LogP) is 2.33. The molecule has 2 fully saturated rings. The number of hydrogen-bond acceptors (Lipinski definition) is 4. The third-order valence-electron chi connectivity index (χ3n) is 6.77. The second-order valence-corrected chi connectivity index (χ2v) is 8.80. The van der Waals surface area contributed by atoms with E-state index in [1.165, 1.54) is 5.56 Å². The van der Waals surface area contributed by atoms with E-state index in [1.54, 1.807) is 0 Å². The Hall–Kier alpha value is -2.64. The van der Waals surface area contributed by atoms with Crippen LogP contribution in [-0.2, 0) is 9.53 Å². The summed E-state index contributed by atoms with van der Waals surface area (Å²) in [4.78, 5) is 31.8. The number of rotatable bonds is 5. The average molecular weight is 439 g/mol. The van der Waals surface area contributed by atoms with Gasteiger partial charge in [-0.1, -0.05) is 30.3 Å². The molecule has 1 aromatic carbocycles. The van der Waals surface area contributed by atoms with E-state index in [2.05, 4.69) is 47.6 Å². The minimum absolute atomic E-state index is 0.0868. The van der Waals surface area contributed by atoms with E-state index >= 15 is 0 Å². The molecular weight excluding hydrogens is 404 g/mol. The molecule has 32 heavy (non-hydrogen) atoms. The molecule has 0 saturated carbocycles. The lowest BCUT2D eigenvalue weighted by molar-refractivity contribution is -0.136. The van der Waals surface area contributed by atoms with E-state index in [9.17, 15) is 9.59 Å². The molecule has 4 rings (SSSR count).